The number of nitrogens with two attached hydrogens (primary N) is 1. The van der Waals surface area contributed by atoms with E-state index in [1.54, 1.807) is 0 Å². The molecular formula is C13H20N2. The molecule has 0 aliphatic carbocycles. The van der Waals surface area contributed by atoms with Crippen molar-refractivity contribution >= 4 is 0 Å². The van der Waals surface area contributed by atoms with Gasteiger partial charge in [-0.15, -0.1) is 0 Å². The van der Waals surface area contributed by atoms with Crippen LogP contribution in [0.4, 0.5) is 0 Å². The van der Waals surface area contributed by atoms with Gasteiger partial charge in [-0.2, -0.15) is 0 Å². The highest BCUT2D eigenvalue weighted by Crippen LogP contribution is 2.01. The fourth-order valence-corrected chi connectivity index (χ4v) is 1.49. The van der Waals surface area contributed by atoms with Crippen LogP contribution in [-0.4, -0.2) is 31.6 Å². The molecule has 1 aromatic carbocycles. The maximum atomic E-state index is 5.50. The van der Waals surface area contributed by atoms with E-state index in [2.05, 4.69) is 42.8 Å². The summed E-state index contributed by atoms with van der Waals surface area (Å²) in [6.45, 7) is 6.42. The molecule has 0 aromatic heterocycles. The van der Waals surface area contributed by atoms with E-state index in [1.807, 2.05) is 6.07 Å². The number of benzene rings is 1. The van der Waals surface area contributed by atoms with Crippen molar-refractivity contribution in [3.8, 4) is 0 Å². The minimum Gasteiger partial charge on any atom is -0.327 e. The monoisotopic (exact) mass is 204 g/mol. The predicted octanol–water partition coefficient (Wildman–Crippen LogP) is 1.68. The van der Waals surface area contributed by atoms with Gasteiger partial charge >= 0.3 is 0 Å². The number of rotatable bonds is 6. The molecule has 2 heteroatoms. The average Bonchev–Trinajstić information content (AvgIpc) is 2.27. The number of likely N-dealkylation sites (N-methyl/N-ethyl adjacent to an activating group) is 1. The van der Waals surface area contributed by atoms with E-state index in [0.717, 1.165) is 25.1 Å². The van der Waals surface area contributed by atoms with Gasteiger partial charge in [-0.1, -0.05) is 36.9 Å². The molecule has 2 N–H and O–H groups in total. The van der Waals surface area contributed by atoms with E-state index in [0.29, 0.717) is 6.54 Å². The summed E-state index contributed by atoms with van der Waals surface area (Å²) in [5.74, 6) is 0. The Balaban J connectivity index is 2.28. The molecule has 82 valence electrons. The highest BCUT2D eigenvalue weighted by atomic mass is 15.1. The molecule has 15 heavy (non-hydrogen) atoms. The van der Waals surface area contributed by atoms with Crippen molar-refractivity contribution < 1.29 is 0 Å². The first-order valence-electron chi connectivity index (χ1n) is 5.31. The summed E-state index contributed by atoms with van der Waals surface area (Å²) in [7, 11) is 2.10. The molecule has 0 atom stereocenters. The highest BCUT2D eigenvalue weighted by Gasteiger charge is 2.00. The lowest BCUT2D eigenvalue weighted by molar-refractivity contribution is 0.366. The Morgan fingerprint density at radius 1 is 1.33 bits per heavy atom. The summed E-state index contributed by atoms with van der Waals surface area (Å²) < 4.78 is 0. The fourth-order valence-electron chi connectivity index (χ4n) is 1.49. The molecular weight excluding hydrogens is 184 g/mol. The van der Waals surface area contributed by atoms with Gasteiger partial charge in [-0.3, -0.25) is 0 Å². The fraction of sp³-hybridized carbons (Fsp3) is 0.385. The van der Waals surface area contributed by atoms with Crippen molar-refractivity contribution in [1.82, 2.24) is 4.90 Å². The molecule has 0 aliphatic heterocycles. The molecule has 0 fully saturated rings. The maximum Gasteiger partial charge on any atom is 0.0199 e. The SMILES string of the molecule is C=C(CN)CN(C)CCc1ccccc1. The van der Waals surface area contributed by atoms with E-state index >= 15 is 0 Å². The van der Waals surface area contributed by atoms with Crippen LogP contribution >= 0.6 is 0 Å². The summed E-state index contributed by atoms with van der Waals surface area (Å²) in [6, 6.07) is 10.5. The zero-order chi connectivity index (χ0) is 11.1. The second kappa shape index (κ2) is 6.38. The summed E-state index contributed by atoms with van der Waals surface area (Å²) in [6.07, 6.45) is 1.08. The van der Waals surface area contributed by atoms with Crippen LogP contribution in [0.5, 0.6) is 0 Å². The van der Waals surface area contributed by atoms with Crippen molar-refractivity contribution in [3.05, 3.63) is 48.0 Å². The Kier molecular flexibility index (Phi) is 5.08. The average molecular weight is 204 g/mol. The van der Waals surface area contributed by atoms with Crippen LogP contribution in [-0.2, 0) is 6.42 Å². The van der Waals surface area contributed by atoms with E-state index < -0.39 is 0 Å². The van der Waals surface area contributed by atoms with Gasteiger partial charge in [-0.05, 0) is 24.6 Å². The quantitative estimate of drug-likeness (QED) is 0.714. The van der Waals surface area contributed by atoms with Gasteiger partial charge in [0.15, 0.2) is 0 Å². The Bertz CT molecular complexity index is 293. The lowest BCUT2D eigenvalue weighted by Gasteiger charge is -2.17. The largest absolute Gasteiger partial charge is 0.327 e. The van der Waals surface area contributed by atoms with Crippen LogP contribution in [0, 0.1) is 0 Å². The normalized spacial score (nSPS) is 10.6. The molecule has 0 spiro atoms. The first kappa shape index (κ1) is 12.0. The standard InChI is InChI=1S/C13H20N2/c1-12(10-14)11-15(2)9-8-13-6-4-3-5-7-13/h3-7H,1,8-11,14H2,2H3. The first-order valence-corrected chi connectivity index (χ1v) is 5.31. The van der Waals surface area contributed by atoms with Crippen LogP contribution in [0.2, 0.25) is 0 Å². The van der Waals surface area contributed by atoms with E-state index in [1.165, 1.54) is 5.56 Å². The van der Waals surface area contributed by atoms with Crippen molar-refractivity contribution in [2.24, 2.45) is 5.73 Å². The molecule has 1 rings (SSSR count). The van der Waals surface area contributed by atoms with Gasteiger partial charge in [0.2, 0.25) is 0 Å². The number of hydrogen-bond donors (Lipinski definition) is 1. The summed E-state index contributed by atoms with van der Waals surface area (Å²) in [4.78, 5) is 2.25. The lowest BCUT2D eigenvalue weighted by Crippen LogP contribution is -2.25. The zero-order valence-electron chi connectivity index (χ0n) is 9.45. The smallest absolute Gasteiger partial charge is 0.0199 e. The molecule has 0 saturated carbocycles. The second-order valence-corrected chi connectivity index (χ2v) is 3.93. The van der Waals surface area contributed by atoms with E-state index in [4.69, 9.17) is 5.73 Å². The van der Waals surface area contributed by atoms with Crippen molar-refractivity contribution in [1.29, 1.82) is 0 Å². The van der Waals surface area contributed by atoms with Gasteiger partial charge in [0, 0.05) is 19.6 Å². The number of hydrogen-bond acceptors (Lipinski definition) is 2. The summed E-state index contributed by atoms with van der Waals surface area (Å²) in [5.41, 5.74) is 7.97. The minimum atomic E-state index is 0.579. The van der Waals surface area contributed by atoms with Crippen LogP contribution in [0.15, 0.2) is 42.5 Å². The van der Waals surface area contributed by atoms with Gasteiger partial charge in [-0.25, -0.2) is 0 Å². The Hall–Kier alpha value is -1.12. The summed E-state index contributed by atoms with van der Waals surface area (Å²) >= 11 is 0. The predicted molar refractivity (Wildman–Crippen MR) is 65.8 cm³/mol. The third-order valence-corrected chi connectivity index (χ3v) is 2.41. The molecule has 0 unspecified atom stereocenters. The highest BCUT2D eigenvalue weighted by molar-refractivity contribution is 5.14. The Morgan fingerprint density at radius 2 is 2.00 bits per heavy atom. The van der Waals surface area contributed by atoms with Gasteiger partial charge < -0.3 is 10.6 Å². The molecule has 0 saturated heterocycles. The molecule has 0 heterocycles. The van der Waals surface area contributed by atoms with E-state index in [9.17, 15) is 0 Å². The van der Waals surface area contributed by atoms with Gasteiger partial charge in [0.05, 0.1) is 0 Å². The molecule has 0 radical (unpaired) electrons. The van der Waals surface area contributed by atoms with Crippen LogP contribution < -0.4 is 5.73 Å². The Labute approximate surface area is 92.4 Å². The molecule has 2 nitrogen and oxygen atoms in total. The maximum absolute atomic E-state index is 5.50. The van der Waals surface area contributed by atoms with Crippen LogP contribution in [0.25, 0.3) is 0 Å². The minimum absolute atomic E-state index is 0.579. The number of nitrogens with zero attached hydrogens (tertiary/aromatic N) is 1. The van der Waals surface area contributed by atoms with Gasteiger partial charge in [0.1, 0.15) is 0 Å². The molecule has 0 bridgehead atoms. The topological polar surface area (TPSA) is 29.3 Å². The van der Waals surface area contributed by atoms with Crippen molar-refractivity contribution in [2.75, 3.05) is 26.7 Å². The molecule has 0 aliphatic rings. The zero-order valence-corrected chi connectivity index (χ0v) is 9.45. The van der Waals surface area contributed by atoms with Crippen LogP contribution in [0.3, 0.4) is 0 Å². The first-order chi connectivity index (χ1) is 7.22. The van der Waals surface area contributed by atoms with E-state index in [-0.39, 0.29) is 0 Å². The summed E-state index contributed by atoms with van der Waals surface area (Å²) in [5, 5.41) is 0. The second-order valence-electron chi connectivity index (χ2n) is 3.93. The van der Waals surface area contributed by atoms with Crippen LogP contribution in [0.1, 0.15) is 5.56 Å². The molecule has 1 aromatic rings. The third kappa shape index (κ3) is 4.77. The molecule has 0 amide bonds. The van der Waals surface area contributed by atoms with Crippen molar-refractivity contribution in [2.45, 2.75) is 6.42 Å². The Morgan fingerprint density at radius 3 is 2.60 bits per heavy atom. The van der Waals surface area contributed by atoms with Gasteiger partial charge in [0.25, 0.3) is 0 Å². The van der Waals surface area contributed by atoms with Crippen molar-refractivity contribution in [3.63, 3.8) is 0 Å². The third-order valence-electron chi connectivity index (χ3n) is 2.41. The lowest BCUT2D eigenvalue weighted by atomic mass is 10.1.